The first-order valence-electron chi connectivity index (χ1n) is 3.96. The molecule has 0 amide bonds. The topological polar surface area (TPSA) is 53.5 Å². The minimum atomic E-state index is -0.167. The molecule has 0 bridgehead atoms. The van der Waals surface area contributed by atoms with Crippen molar-refractivity contribution in [2.75, 3.05) is 0 Å². The highest BCUT2D eigenvalue weighted by molar-refractivity contribution is 6.25. The number of carbonyl (C=O) groups excluding carboxylic acids is 1. The van der Waals surface area contributed by atoms with Gasteiger partial charge in [-0.15, -0.1) is 0 Å². The molecule has 0 fully saturated rings. The molecule has 0 aliphatic heterocycles. The first-order valence-corrected chi connectivity index (χ1v) is 3.96. The minimum absolute atomic E-state index is 0.167. The lowest BCUT2D eigenvalue weighted by atomic mass is 9.99. The molecule has 0 aliphatic carbocycles. The summed E-state index contributed by atoms with van der Waals surface area (Å²) in [6, 6.07) is 0. The van der Waals surface area contributed by atoms with E-state index >= 15 is 0 Å². The van der Waals surface area contributed by atoms with Crippen molar-refractivity contribution in [2.24, 2.45) is 5.92 Å². The van der Waals surface area contributed by atoms with Crippen LogP contribution in [0.1, 0.15) is 26.7 Å². The van der Waals surface area contributed by atoms with Gasteiger partial charge in [0.2, 0.25) is 5.78 Å². The van der Waals surface area contributed by atoms with Crippen molar-refractivity contribution in [3.8, 4) is 0 Å². The van der Waals surface area contributed by atoms with Gasteiger partial charge >= 0.3 is 6.21 Å². The average molecular weight is 166 g/mol. The molecule has 3 nitrogen and oxygen atoms in total. The lowest BCUT2D eigenvalue weighted by molar-refractivity contribution is -0.116. The number of rotatable bonds is 5. The Kier molecular flexibility index (Phi) is 4.89. The molecule has 0 radical (unpaired) electrons. The lowest BCUT2D eigenvalue weighted by Gasteiger charge is -2.05. The Balaban J connectivity index is 3.76. The highest BCUT2D eigenvalue weighted by Crippen LogP contribution is 2.12. The van der Waals surface area contributed by atoms with Crippen molar-refractivity contribution < 1.29 is 9.58 Å². The minimum Gasteiger partial charge on any atom is -0.361 e. The van der Waals surface area contributed by atoms with Crippen LogP contribution in [0.15, 0.2) is 12.2 Å². The van der Waals surface area contributed by atoms with Crippen LogP contribution in [-0.4, -0.2) is 16.8 Å². The molecule has 0 saturated heterocycles. The summed E-state index contributed by atoms with van der Waals surface area (Å²) in [5.74, 6) is 0.239. The van der Waals surface area contributed by atoms with Gasteiger partial charge in [-0.05, 0) is 12.3 Å². The Bertz CT molecular complexity index is 225. The summed E-state index contributed by atoms with van der Waals surface area (Å²) in [4.78, 5) is 13.5. The quantitative estimate of drug-likeness (QED) is 0.266. The molecule has 0 N–H and O–H groups in total. The summed E-state index contributed by atoms with van der Waals surface area (Å²) in [6.45, 7) is 7.90. The van der Waals surface area contributed by atoms with E-state index in [2.05, 4.69) is 11.4 Å². The van der Waals surface area contributed by atoms with E-state index in [1.54, 1.807) is 0 Å². The zero-order valence-electron chi connectivity index (χ0n) is 7.58. The second-order valence-corrected chi connectivity index (χ2v) is 3.02. The molecule has 0 aromatic rings. The smallest absolute Gasteiger partial charge is 0.323 e. The highest BCUT2D eigenvalue weighted by atomic mass is 16.1. The second kappa shape index (κ2) is 5.44. The van der Waals surface area contributed by atoms with Gasteiger partial charge in [-0.3, -0.25) is 4.79 Å². The van der Waals surface area contributed by atoms with Crippen LogP contribution in [0.3, 0.4) is 0 Å². The third-order valence-electron chi connectivity index (χ3n) is 1.71. The Labute approximate surface area is 72.7 Å². The van der Waals surface area contributed by atoms with Gasteiger partial charge in [0.15, 0.2) is 0 Å². The molecule has 0 aliphatic rings. The summed E-state index contributed by atoms with van der Waals surface area (Å²) in [5, 5.41) is 0. The predicted molar refractivity (Wildman–Crippen MR) is 47.9 cm³/mol. The molecular formula is C9H14N2O. The molecule has 0 atom stereocenters. The zero-order valence-corrected chi connectivity index (χ0v) is 7.58. The lowest BCUT2D eigenvalue weighted by Crippen LogP contribution is -2.02. The van der Waals surface area contributed by atoms with E-state index in [1.165, 1.54) is 0 Å². The van der Waals surface area contributed by atoms with Crippen molar-refractivity contribution in [1.29, 1.82) is 0 Å². The van der Waals surface area contributed by atoms with Gasteiger partial charge in [0.25, 0.3) is 0 Å². The van der Waals surface area contributed by atoms with E-state index in [4.69, 9.17) is 5.53 Å². The van der Waals surface area contributed by atoms with Crippen LogP contribution in [0.2, 0.25) is 0 Å². The van der Waals surface area contributed by atoms with Crippen molar-refractivity contribution >= 4 is 12.0 Å². The molecule has 0 aromatic heterocycles. The fourth-order valence-corrected chi connectivity index (χ4v) is 0.701. The van der Waals surface area contributed by atoms with E-state index in [0.717, 1.165) is 11.8 Å². The summed E-state index contributed by atoms with van der Waals surface area (Å²) in [7, 11) is 0. The summed E-state index contributed by atoms with van der Waals surface area (Å²) >= 11 is 0. The maximum atomic E-state index is 10.8. The van der Waals surface area contributed by atoms with Crippen LogP contribution in [0.5, 0.6) is 0 Å². The summed E-state index contributed by atoms with van der Waals surface area (Å²) < 4.78 is 0. The Morgan fingerprint density at radius 3 is 2.58 bits per heavy atom. The Hall–Kier alpha value is -1.21. The van der Waals surface area contributed by atoms with Gasteiger partial charge in [-0.25, -0.2) is 0 Å². The third kappa shape index (κ3) is 4.58. The van der Waals surface area contributed by atoms with Crippen molar-refractivity contribution in [3.63, 3.8) is 0 Å². The molecule has 12 heavy (non-hydrogen) atoms. The monoisotopic (exact) mass is 166 g/mol. The Morgan fingerprint density at radius 1 is 1.58 bits per heavy atom. The molecule has 0 spiro atoms. The number of ketones is 1. The third-order valence-corrected chi connectivity index (χ3v) is 1.71. The van der Waals surface area contributed by atoms with E-state index in [0.29, 0.717) is 18.8 Å². The van der Waals surface area contributed by atoms with Gasteiger partial charge < -0.3 is 5.53 Å². The van der Waals surface area contributed by atoms with Crippen LogP contribution in [0, 0.1) is 5.92 Å². The van der Waals surface area contributed by atoms with Gasteiger partial charge in [0, 0.05) is 6.42 Å². The molecule has 0 unspecified atom stereocenters. The number of hydrogen-bond acceptors (Lipinski definition) is 1. The maximum absolute atomic E-state index is 10.8. The van der Waals surface area contributed by atoms with E-state index in [9.17, 15) is 4.79 Å². The fourth-order valence-electron chi connectivity index (χ4n) is 0.701. The number of Topliss-reactive ketones (excluding diaryl/α,β-unsaturated/α-hetero) is 1. The SMILES string of the molecule is C=C(CCC(=O)C=[N+]=[N-])C(C)C. The molecular weight excluding hydrogens is 152 g/mol. The van der Waals surface area contributed by atoms with Crippen LogP contribution >= 0.6 is 0 Å². The number of hydrogen-bond donors (Lipinski definition) is 0. The van der Waals surface area contributed by atoms with E-state index in [-0.39, 0.29) is 5.78 Å². The molecule has 0 aromatic carbocycles. The van der Waals surface area contributed by atoms with E-state index in [1.807, 2.05) is 13.8 Å². The van der Waals surface area contributed by atoms with Crippen molar-refractivity contribution in [3.05, 3.63) is 17.7 Å². The van der Waals surface area contributed by atoms with E-state index < -0.39 is 0 Å². The van der Waals surface area contributed by atoms with Crippen molar-refractivity contribution in [2.45, 2.75) is 26.7 Å². The summed E-state index contributed by atoms with van der Waals surface area (Å²) in [5.41, 5.74) is 9.09. The number of nitrogens with zero attached hydrogens (tertiary/aromatic N) is 2. The van der Waals surface area contributed by atoms with Crippen LogP contribution in [0.25, 0.3) is 5.53 Å². The average Bonchev–Trinajstić information content (AvgIpc) is 2.00. The van der Waals surface area contributed by atoms with Crippen LogP contribution < -0.4 is 0 Å². The van der Waals surface area contributed by atoms with Crippen LogP contribution in [-0.2, 0) is 4.79 Å². The zero-order chi connectivity index (χ0) is 9.56. The molecule has 66 valence electrons. The fraction of sp³-hybridized carbons (Fsp3) is 0.556. The Morgan fingerprint density at radius 2 is 2.17 bits per heavy atom. The first kappa shape index (κ1) is 10.8. The number of carbonyl (C=O) groups is 1. The van der Waals surface area contributed by atoms with Gasteiger partial charge in [-0.2, -0.15) is 4.79 Å². The normalized spacial score (nSPS) is 9.25. The largest absolute Gasteiger partial charge is 0.361 e. The molecule has 0 heterocycles. The molecule has 0 rings (SSSR count). The van der Waals surface area contributed by atoms with Crippen molar-refractivity contribution in [1.82, 2.24) is 0 Å². The van der Waals surface area contributed by atoms with Gasteiger partial charge in [0.05, 0.1) is 0 Å². The maximum Gasteiger partial charge on any atom is 0.323 e. The van der Waals surface area contributed by atoms with Gasteiger partial charge in [-0.1, -0.05) is 26.0 Å². The van der Waals surface area contributed by atoms with Gasteiger partial charge in [0.1, 0.15) is 0 Å². The first-order chi connectivity index (χ1) is 5.57. The molecule has 0 saturated carbocycles. The molecule has 3 heteroatoms. The highest BCUT2D eigenvalue weighted by Gasteiger charge is 2.05. The predicted octanol–water partition coefficient (Wildman–Crippen LogP) is 1.85. The number of allylic oxidation sites excluding steroid dienone is 1. The van der Waals surface area contributed by atoms with Crippen LogP contribution in [0.4, 0.5) is 0 Å². The standard InChI is InChI=1S/C9H14N2O/c1-7(2)8(3)4-5-9(12)6-11-10/h6-7H,3-5H2,1-2H3. The second-order valence-electron chi connectivity index (χ2n) is 3.02. The summed E-state index contributed by atoms with van der Waals surface area (Å²) in [6.07, 6.45) is 1.97.